The molecule has 1 saturated carbocycles. The highest BCUT2D eigenvalue weighted by Gasteiger charge is 2.43. The van der Waals surface area contributed by atoms with Crippen LogP contribution in [0.5, 0.6) is 0 Å². The molecule has 3 rings (SSSR count). The second-order valence-electron chi connectivity index (χ2n) is 7.14. The van der Waals surface area contributed by atoms with Crippen molar-refractivity contribution in [1.29, 1.82) is 0 Å². The topological polar surface area (TPSA) is 15.7 Å². The summed E-state index contributed by atoms with van der Waals surface area (Å²) in [7, 11) is 1.86. The molecule has 0 bridgehead atoms. The molecule has 3 heteroatoms. The molecule has 0 aromatic rings. The van der Waals surface area contributed by atoms with Crippen LogP contribution in [0.2, 0.25) is 0 Å². The van der Waals surface area contributed by atoms with E-state index in [1.165, 1.54) is 51.7 Å². The fraction of sp³-hybridized carbons (Fsp3) is 1.00. The van der Waals surface area contributed by atoms with Crippen molar-refractivity contribution in [3.8, 4) is 0 Å². The molecule has 0 spiro atoms. The fourth-order valence-electron chi connectivity index (χ4n) is 4.25. The highest BCUT2D eigenvalue weighted by Crippen LogP contribution is 2.35. The average molecular weight is 266 g/mol. The molecule has 3 nitrogen and oxygen atoms in total. The number of methoxy groups -OCH3 is 1. The third kappa shape index (κ3) is 2.70. The van der Waals surface area contributed by atoms with E-state index in [0.29, 0.717) is 6.10 Å². The molecule has 2 saturated heterocycles. The standard InChI is InChI=1S/C16H30N2O/c1-12(2)16-11-17-7-5-4-6-13(17)10-18(16)14-8-15(9-14)19-3/h12-16H,4-11H2,1-3H3. The van der Waals surface area contributed by atoms with Crippen molar-refractivity contribution in [3.05, 3.63) is 0 Å². The van der Waals surface area contributed by atoms with Crippen LogP contribution in [0, 0.1) is 5.92 Å². The number of ether oxygens (including phenoxy) is 1. The highest BCUT2D eigenvalue weighted by molar-refractivity contribution is 4.98. The molecule has 0 radical (unpaired) electrons. The molecule has 2 atom stereocenters. The first-order valence-electron chi connectivity index (χ1n) is 8.21. The number of hydrogen-bond donors (Lipinski definition) is 0. The van der Waals surface area contributed by atoms with Gasteiger partial charge in [-0.2, -0.15) is 0 Å². The van der Waals surface area contributed by atoms with E-state index in [1.54, 1.807) is 0 Å². The molecular weight excluding hydrogens is 236 g/mol. The van der Waals surface area contributed by atoms with Gasteiger partial charge in [-0.1, -0.05) is 20.3 Å². The molecule has 0 aromatic heterocycles. The van der Waals surface area contributed by atoms with Gasteiger partial charge >= 0.3 is 0 Å². The van der Waals surface area contributed by atoms with Crippen molar-refractivity contribution >= 4 is 0 Å². The molecule has 110 valence electrons. The maximum atomic E-state index is 5.47. The lowest BCUT2D eigenvalue weighted by Crippen LogP contribution is -2.65. The third-order valence-electron chi connectivity index (χ3n) is 5.66. The van der Waals surface area contributed by atoms with E-state index in [0.717, 1.165) is 24.0 Å². The Bertz CT molecular complexity index is 301. The van der Waals surface area contributed by atoms with E-state index in [1.807, 2.05) is 7.11 Å². The number of piperidine rings is 1. The normalized spacial score (nSPS) is 41.1. The molecule has 2 heterocycles. The van der Waals surface area contributed by atoms with Gasteiger partial charge < -0.3 is 4.74 Å². The van der Waals surface area contributed by atoms with E-state index in [9.17, 15) is 0 Å². The number of nitrogens with zero attached hydrogens (tertiary/aromatic N) is 2. The molecule has 0 aromatic carbocycles. The lowest BCUT2D eigenvalue weighted by Gasteiger charge is -2.55. The zero-order chi connectivity index (χ0) is 13.4. The fourth-order valence-corrected chi connectivity index (χ4v) is 4.25. The Balaban J connectivity index is 1.66. The molecule has 2 aliphatic heterocycles. The summed E-state index contributed by atoms with van der Waals surface area (Å²) >= 11 is 0. The summed E-state index contributed by atoms with van der Waals surface area (Å²) < 4.78 is 5.47. The van der Waals surface area contributed by atoms with Crippen molar-refractivity contribution in [2.24, 2.45) is 5.92 Å². The summed E-state index contributed by atoms with van der Waals surface area (Å²) in [4.78, 5) is 5.61. The molecule has 2 unspecified atom stereocenters. The van der Waals surface area contributed by atoms with Gasteiger partial charge in [-0.05, 0) is 38.1 Å². The monoisotopic (exact) mass is 266 g/mol. The third-order valence-corrected chi connectivity index (χ3v) is 5.66. The minimum absolute atomic E-state index is 0.530. The SMILES string of the molecule is COC1CC(N2CC3CCCCN3CC2C(C)C)C1. The van der Waals surface area contributed by atoms with Gasteiger partial charge in [0.2, 0.25) is 0 Å². The Morgan fingerprint density at radius 2 is 1.84 bits per heavy atom. The lowest BCUT2D eigenvalue weighted by atomic mass is 9.83. The number of fused-ring (bicyclic) bond motifs is 1. The zero-order valence-corrected chi connectivity index (χ0v) is 12.8. The van der Waals surface area contributed by atoms with Crippen LogP contribution in [0.3, 0.4) is 0 Å². The lowest BCUT2D eigenvalue weighted by molar-refractivity contribution is -0.0890. The van der Waals surface area contributed by atoms with Gasteiger partial charge in [0, 0.05) is 38.3 Å². The smallest absolute Gasteiger partial charge is 0.0601 e. The largest absolute Gasteiger partial charge is 0.381 e. The Hall–Kier alpha value is -0.120. The van der Waals surface area contributed by atoms with E-state index < -0.39 is 0 Å². The first-order chi connectivity index (χ1) is 9.19. The van der Waals surface area contributed by atoms with Gasteiger partial charge in [-0.3, -0.25) is 9.80 Å². The van der Waals surface area contributed by atoms with Crippen LogP contribution in [-0.2, 0) is 4.74 Å². The van der Waals surface area contributed by atoms with Crippen LogP contribution < -0.4 is 0 Å². The highest BCUT2D eigenvalue weighted by atomic mass is 16.5. The second-order valence-corrected chi connectivity index (χ2v) is 7.14. The van der Waals surface area contributed by atoms with Crippen molar-refractivity contribution < 1.29 is 4.74 Å². The average Bonchev–Trinajstić information content (AvgIpc) is 2.36. The molecule has 3 fully saturated rings. The minimum atomic E-state index is 0.530. The van der Waals surface area contributed by atoms with E-state index in [-0.39, 0.29) is 0 Å². The van der Waals surface area contributed by atoms with E-state index in [4.69, 9.17) is 4.74 Å². The first-order valence-corrected chi connectivity index (χ1v) is 8.21. The molecule has 3 aliphatic rings. The van der Waals surface area contributed by atoms with E-state index >= 15 is 0 Å². The van der Waals surface area contributed by atoms with Gasteiger partial charge in [-0.15, -0.1) is 0 Å². The van der Waals surface area contributed by atoms with Crippen LogP contribution in [0.4, 0.5) is 0 Å². The Labute approximate surface area is 118 Å². The molecular formula is C16H30N2O. The molecule has 0 amide bonds. The Kier molecular flexibility index (Phi) is 4.16. The molecule has 1 aliphatic carbocycles. The summed E-state index contributed by atoms with van der Waals surface area (Å²) in [6.07, 6.45) is 7.31. The van der Waals surface area contributed by atoms with Gasteiger partial charge in [-0.25, -0.2) is 0 Å². The molecule has 19 heavy (non-hydrogen) atoms. The van der Waals surface area contributed by atoms with Crippen LogP contribution in [0.1, 0.15) is 46.0 Å². The zero-order valence-electron chi connectivity index (χ0n) is 12.8. The summed E-state index contributed by atoms with van der Waals surface area (Å²) in [5, 5.41) is 0. The van der Waals surface area contributed by atoms with Gasteiger partial charge in [0.1, 0.15) is 0 Å². The first kappa shape index (κ1) is 13.8. The van der Waals surface area contributed by atoms with Crippen LogP contribution in [-0.4, -0.2) is 60.8 Å². The Morgan fingerprint density at radius 3 is 2.53 bits per heavy atom. The van der Waals surface area contributed by atoms with Crippen molar-refractivity contribution in [2.45, 2.75) is 70.2 Å². The van der Waals surface area contributed by atoms with E-state index in [2.05, 4.69) is 23.6 Å². The summed E-state index contributed by atoms with van der Waals surface area (Å²) in [5.41, 5.74) is 0. The quantitative estimate of drug-likeness (QED) is 0.780. The second kappa shape index (κ2) is 5.71. The predicted molar refractivity (Wildman–Crippen MR) is 78.4 cm³/mol. The maximum Gasteiger partial charge on any atom is 0.0601 e. The van der Waals surface area contributed by atoms with Crippen LogP contribution >= 0.6 is 0 Å². The number of rotatable bonds is 3. The van der Waals surface area contributed by atoms with Crippen molar-refractivity contribution in [1.82, 2.24) is 9.80 Å². The minimum Gasteiger partial charge on any atom is -0.381 e. The molecule has 0 N–H and O–H groups in total. The number of hydrogen-bond acceptors (Lipinski definition) is 3. The van der Waals surface area contributed by atoms with Crippen LogP contribution in [0.15, 0.2) is 0 Å². The number of piperazine rings is 1. The Morgan fingerprint density at radius 1 is 1.05 bits per heavy atom. The summed E-state index contributed by atoms with van der Waals surface area (Å²) in [6.45, 7) is 8.75. The van der Waals surface area contributed by atoms with Gasteiger partial charge in [0.15, 0.2) is 0 Å². The van der Waals surface area contributed by atoms with Gasteiger partial charge in [0.25, 0.3) is 0 Å². The van der Waals surface area contributed by atoms with Gasteiger partial charge in [0.05, 0.1) is 6.10 Å². The maximum absolute atomic E-state index is 5.47. The predicted octanol–water partition coefficient (Wildman–Crippen LogP) is 2.36. The summed E-state index contributed by atoms with van der Waals surface area (Å²) in [5.74, 6) is 0.768. The van der Waals surface area contributed by atoms with Crippen molar-refractivity contribution in [2.75, 3.05) is 26.7 Å². The van der Waals surface area contributed by atoms with Crippen LogP contribution in [0.25, 0.3) is 0 Å². The van der Waals surface area contributed by atoms with Crippen molar-refractivity contribution in [3.63, 3.8) is 0 Å². The summed E-state index contributed by atoms with van der Waals surface area (Å²) in [6, 6.07) is 2.39.